The average molecular weight is 398 g/mol. The number of amides is 2. The van der Waals surface area contributed by atoms with Crippen LogP contribution in [0.4, 0.5) is 5.69 Å². The molecular weight excluding hydrogens is 374 g/mol. The molecule has 1 aliphatic rings. The fourth-order valence-electron chi connectivity index (χ4n) is 3.29. The molecule has 3 rings (SSSR count). The number of thiocarbonyl (C=S) groups is 1. The van der Waals surface area contributed by atoms with E-state index in [4.69, 9.17) is 17.0 Å². The smallest absolute Gasteiger partial charge is 0.257 e. The summed E-state index contributed by atoms with van der Waals surface area (Å²) in [4.78, 5) is 28.7. The van der Waals surface area contributed by atoms with Crippen molar-refractivity contribution in [3.05, 3.63) is 60.2 Å². The minimum absolute atomic E-state index is 0.109. The lowest BCUT2D eigenvalue weighted by atomic mass is 10.1. The summed E-state index contributed by atoms with van der Waals surface area (Å²) in [7, 11) is 3.35. The fourth-order valence-corrected chi connectivity index (χ4v) is 3.51. The number of anilines is 1. The molecule has 1 unspecified atom stereocenters. The van der Waals surface area contributed by atoms with Gasteiger partial charge in [-0.05, 0) is 48.5 Å². The minimum atomic E-state index is -0.606. The van der Waals surface area contributed by atoms with Crippen LogP contribution in [0.25, 0.3) is 0 Å². The largest absolute Gasteiger partial charge is 0.497 e. The fraction of sp³-hybridized carbons (Fsp3) is 0.286. The van der Waals surface area contributed by atoms with Crippen LogP contribution < -0.4 is 15.0 Å². The van der Waals surface area contributed by atoms with E-state index < -0.39 is 6.04 Å². The van der Waals surface area contributed by atoms with Crippen LogP contribution in [-0.4, -0.2) is 48.6 Å². The Kier molecular flexibility index (Phi) is 6.26. The summed E-state index contributed by atoms with van der Waals surface area (Å²) in [5.41, 5.74) is 1.69. The third-order valence-corrected chi connectivity index (χ3v) is 5.23. The van der Waals surface area contributed by atoms with Gasteiger partial charge in [0.15, 0.2) is 5.11 Å². The number of carbonyl (C=O) groups excluding carboxylic acids is 2. The molecule has 0 saturated carbocycles. The van der Waals surface area contributed by atoms with Crippen molar-refractivity contribution in [2.24, 2.45) is 0 Å². The highest BCUT2D eigenvalue weighted by Gasteiger charge is 2.43. The molecule has 28 heavy (non-hydrogen) atoms. The highest BCUT2D eigenvalue weighted by Crippen LogP contribution is 2.26. The molecule has 1 atom stereocenters. The molecule has 1 N–H and O–H groups in total. The predicted octanol–water partition coefficient (Wildman–Crippen LogP) is 2.38. The number of ether oxygens (including phenoxy) is 1. The number of hydrogen-bond donors (Lipinski definition) is 1. The first-order chi connectivity index (χ1) is 13.5. The quantitative estimate of drug-likeness (QED) is 0.597. The van der Waals surface area contributed by atoms with E-state index in [2.05, 4.69) is 5.32 Å². The number of hydrogen-bond acceptors (Lipinski definition) is 4. The maximum Gasteiger partial charge on any atom is 0.257 e. The summed E-state index contributed by atoms with van der Waals surface area (Å²) < 4.78 is 5.18. The van der Waals surface area contributed by atoms with E-state index in [1.54, 1.807) is 26.3 Å². The number of nitrogens with zero attached hydrogens (tertiary/aromatic N) is 2. The molecule has 2 aromatic rings. The Hall–Kier alpha value is -2.93. The Morgan fingerprint density at radius 2 is 1.86 bits per heavy atom. The maximum absolute atomic E-state index is 13.0. The number of imide groups is 1. The second-order valence-electron chi connectivity index (χ2n) is 6.47. The monoisotopic (exact) mass is 397 g/mol. The van der Waals surface area contributed by atoms with Crippen molar-refractivity contribution in [2.45, 2.75) is 18.9 Å². The highest BCUT2D eigenvalue weighted by molar-refractivity contribution is 7.80. The molecule has 6 nitrogen and oxygen atoms in total. The van der Waals surface area contributed by atoms with E-state index in [1.807, 2.05) is 47.4 Å². The Balaban J connectivity index is 1.76. The summed E-state index contributed by atoms with van der Waals surface area (Å²) in [6.45, 7) is 0.526. The van der Waals surface area contributed by atoms with E-state index in [-0.39, 0.29) is 18.2 Å². The van der Waals surface area contributed by atoms with E-state index in [1.165, 1.54) is 4.90 Å². The zero-order chi connectivity index (χ0) is 20.1. The molecule has 0 aliphatic carbocycles. The first-order valence-electron chi connectivity index (χ1n) is 9.08. The van der Waals surface area contributed by atoms with Gasteiger partial charge in [-0.3, -0.25) is 9.59 Å². The summed E-state index contributed by atoms with van der Waals surface area (Å²) in [5.74, 6) is 0.333. The van der Waals surface area contributed by atoms with Crippen molar-refractivity contribution in [1.82, 2.24) is 10.2 Å². The highest BCUT2D eigenvalue weighted by atomic mass is 32.1. The van der Waals surface area contributed by atoms with Crippen molar-refractivity contribution in [3.63, 3.8) is 0 Å². The van der Waals surface area contributed by atoms with Crippen LogP contribution in [0.1, 0.15) is 12.0 Å². The lowest BCUT2D eigenvalue weighted by molar-refractivity contribution is -0.122. The molecule has 1 saturated heterocycles. The van der Waals surface area contributed by atoms with Crippen LogP contribution in [0, 0.1) is 0 Å². The molecule has 2 aromatic carbocycles. The zero-order valence-corrected chi connectivity index (χ0v) is 16.7. The third kappa shape index (κ3) is 4.14. The second-order valence-corrected chi connectivity index (χ2v) is 6.86. The standard InChI is InChI=1S/C21H23N3O3S/c1-22-21(28)23(13-12-15-8-10-17(27-2)11-9-15)18-14-19(25)24(20(18)26)16-6-4-3-5-7-16/h3-11,18H,12-14H2,1-2H3,(H,22,28). The Morgan fingerprint density at radius 3 is 2.46 bits per heavy atom. The van der Waals surface area contributed by atoms with Crippen LogP contribution in [0.3, 0.4) is 0 Å². The van der Waals surface area contributed by atoms with Crippen LogP contribution in [0.2, 0.25) is 0 Å². The van der Waals surface area contributed by atoms with Gasteiger partial charge in [0, 0.05) is 13.6 Å². The number of nitrogens with one attached hydrogen (secondary N) is 1. The Bertz CT molecular complexity index is 855. The summed E-state index contributed by atoms with van der Waals surface area (Å²) in [5, 5.41) is 3.40. The van der Waals surface area contributed by atoms with Gasteiger partial charge in [0.2, 0.25) is 5.91 Å². The minimum Gasteiger partial charge on any atom is -0.497 e. The first-order valence-corrected chi connectivity index (χ1v) is 9.49. The molecule has 1 aliphatic heterocycles. The molecule has 0 spiro atoms. The van der Waals surface area contributed by atoms with Gasteiger partial charge >= 0.3 is 0 Å². The lowest BCUT2D eigenvalue weighted by Gasteiger charge is -2.29. The summed E-state index contributed by atoms with van der Waals surface area (Å²) in [6, 6.07) is 16.1. The van der Waals surface area contributed by atoms with Crippen LogP contribution >= 0.6 is 12.2 Å². The summed E-state index contributed by atoms with van der Waals surface area (Å²) in [6.07, 6.45) is 0.799. The van der Waals surface area contributed by atoms with Gasteiger partial charge in [0.05, 0.1) is 19.2 Å². The Labute approximate surface area is 170 Å². The normalized spacial score (nSPS) is 16.2. The SMILES string of the molecule is CNC(=S)N(CCc1ccc(OC)cc1)C1CC(=O)N(c2ccccc2)C1=O. The van der Waals surface area contributed by atoms with Gasteiger partial charge in [0.25, 0.3) is 5.91 Å². The third-order valence-electron chi connectivity index (χ3n) is 4.79. The predicted molar refractivity (Wildman–Crippen MR) is 112 cm³/mol. The number of benzene rings is 2. The van der Waals surface area contributed by atoms with Gasteiger partial charge in [-0.1, -0.05) is 30.3 Å². The van der Waals surface area contributed by atoms with Crippen LogP contribution in [0.15, 0.2) is 54.6 Å². The molecule has 0 aromatic heterocycles. The van der Waals surface area contributed by atoms with Crippen molar-refractivity contribution in [2.75, 3.05) is 25.6 Å². The zero-order valence-electron chi connectivity index (χ0n) is 15.9. The number of para-hydroxylation sites is 1. The van der Waals surface area contributed by atoms with E-state index in [9.17, 15) is 9.59 Å². The van der Waals surface area contributed by atoms with Gasteiger partial charge in [-0.15, -0.1) is 0 Å². The molecule has 1 heterocycles. The number of carbonyl (C=O) groups is 2. The molecule has 2 amide bonds. The second kappa shape index (κ2) is 8.84. The molecule has 0 bridgehead atoms. The average Bonchev–Trinajstić information content (AvgIpc) is 3.02. The van der Waals surface area contributed by atoms with E-state index >= 15 is 0 Å². The van der Waals surface area contributed by atoms with Crippen molar-refractivity contribution in [3.8, 4) is 5.75 Å². The van der Waals surface area contributed by atoms with Gasteiger partial charge in [-0.2, -0.15) is 0 Å². The summed E-state index contributed by atoms with van der Waals surface area (Å²) >= 11 is 5.43. The van der Waals surface area contributed by atoms with E-state index in [0.29, 0.717) is 23.8 Å². The molecule has 1 fully saturated rings. The van der Waals surface area contributed by atoms with Crippen molar-refractivity contribution < 1.29 is 14.3 Å². The van der Waals surface area contributed by atoms with Gasteiger partial charge in [-0.25, -0.2) is 4.90 Å². The molecule has 0 radical (unpaired) electrons. The first kappa shape index (κ1) is 19.8. The van der Waals surface area contributed by atoms with Crippen LogP contribution in [0.5, 0.6) is 5.75 Å². The number of methoxy groups -OCH3 is 1. The molecule has 146 valence electrons. The topological polar surface area (TPSA) is 61.9 Å². The van der Waals surface area contributed by atoms with Gasteiger partial charge in [0.1, 0.15) is 11.8 Å². The van der Waals surface area contributed by atoms with E-state index in [0.717, 1.165) is 11.3 Å². The molecular formula is C21H23N3O3S. The lowest BCUT2D eigenvalue weighted by Crippen LogP contribution is -2.49. The van der Waals surface area contributed by atoms with Crippen molar-refractivity contribution >= 4 is 34.8 Å². The van der Waals surface area contributed by atoms with Gasteiger partial charge < -0.3 is 15.0 Å². The van der Waals surface area contributed by atoms with Crippen LogP contribution in [-0.2, 0) is 16.0 Å². The van der Waals surface area contributed by atoms with Crippen molar-refractivity contribution in [1.29, 1.82) is 0 Å². The molecule has 7 heteroatoms. The Morgan fingerprint density at radius 1 is 1.18 bits per heavy atom. The maximum atomic E-state index is 13.0. The number of rotatable bonds is 6.